The molecular formula is C13H16N2O3S. The van der Waals surface area contributed by atoms with E-state index < -0.39 is 5.54 Å². The molecule has 102 valence electrons. The molecule has 3 rings (SSSR count). The standard InChI is InChI=1S/C13H16N2O3S/c1-18-11(16)9-7-3-2-4-8(7)19-10(9)15-12(17)13(14)5-6-13/h2-6,14H2,1H3,(H,15,17). The fourth-order valence-electron chi connectivity index (χ4n) is 2.40. The summed E-state index contributed by atoms with van der Waals surface area (Å²) >= 11 is 1.48. The molecule has 0 bridgehead atoms. The van der Waals surface area contributed by atoms with Crippen molar-refractivity contribution < 1.29 is 14.3 Å². The van der Waals surface area contributed by atoms with Crippen molar-refractivity contribution in [1.29, 1.82) is 0 Å². The van der Waals surface area contributed by atoms with Gasteiger partial charge in [-0.3, -0.25) is 4.79 Å². The molecule has 0 unspecified atom stereocenters. The lowest BCUT2D eigenvalue weighted by atomic mass is 10.1. The number of nitrogens with two attached hydrogens (primary N) is 1. The van der Waals surface area contributed by atoms with Gasteiger partial charge in [-0.15, -0.1) is 11.3 Å². The lowest BCUT2D eigenvalue weighted by Crippen LogP contribution is -2.38. The molecule has 1 saturated carbocycles. The third kappa shape index (κ3) is 2.04. The van der Waals surface area contributed by atoms with Crippen LogP contribution in [0.15, 0.2) is 0 Å². The van der Waals surface area contributed by atoms with Crippen molar-refractivity contribution in [2.75, 3.05) is 12.4 Å². The average molecular weight is 280 g/mol. The molecule has 0 spiro atoms. The van der Waals surface area contributed by atoms with Crippen LogP contribution in [0.2, 0.25) is 0 Å². The van der Waals surface area contributed by atoms with Crippen LogP contribution in [0.3, 0.4) is 0 Å². The predicted molar refractivity (Wildman–Crippen MR) is 72.5 cm³/mol. The van der Waals surface area contributed by atoms with Crippen molar-refractivity contribution in [1.82, 2.24) is 0 Å². The van der Waals surface area contributed by atoms with E-state index >= 15 is 0 Å². The summed E-state index contributed by atoms with van der Waals surface area (Å²) in [5.41, 5.74) is 6.69. The Labute approximate surface area is 115 Å². The molecule has 1 aromatic heterocycles. The fourth-order valence-corrected chi connectivity index (χ4v) is 3.67. The van der Waals surface area contributed by atoms with E-state index in [1.165, 1.54) is 23.3 Å². The maximum absolute atomic E-state index is 12.0. The minimum absolute atomic E-state index is 0.197. The highest BCUT2D eigenvalue weighted by Crippen LogP contribution is 2.41. The Morgan fingerprint density at radius 3 is 2.74 bits per heavy atom. The van der Waals surface area contributed by atoms with Gasteiger partial charge in [0.1, 0.15) is 5.00 Å². The first-order valence-electron chi connectivity index (χ1n) is 6.38. The van der Waals surface area contributed by atoms with Crippen molar-refractivity contribution in [3.8, 4) is 0 Å². The van der Waals surface area contributed by atoms with Crippen molar-refractivity contribution >= 4 is 28.2 Å². The van der Waals surface area contributed by atoms with Gasteiger partial charge in [-0.25, -0.2) is 4.79 Å². The van der Waals surface area contributed by atoms with Crippen molar-refractivity contribution in [3.05, 3.63) is 16.0 Å². The Balaban J connectivity index is 1.92. The van der Waals surface area contributed by atoms with E-state index in [0.29, 0.717) is 23.4 Å². The van der Waals surface area contributed by atoms with E-state index in [1.54, 1.807) is 0 Å². The van der Waals surface area contributed by atoms with Gasteiger partial charge in [0.05, 0.1) is 18.2 Å². The number of ether oxygens (including phenoxy) is 1. The Morgan fingerprint density at radius 2 is 2.11 bits per heavy atom. The molecule has 2 aliphatic carbocycles. The predicted octanol–water partition coefficient (Wildman–Crippen LogP) is 1.45. The molecule has 1 aromatic rings. The summed E-state index contributed by atoms with van der Waals surface area (Å²) in [7, 11) is 1.36. The molecule has 0 radical (unpaired) electrons. The number of thiophene rings is 1. The number of carbonyl (C=O) groups excluding carboxylic acids is 2. The van der Waals surface area contributed by atoms with Gasteiger partial charge in [0.2, 0.25) is 5.91 Å². The summed E-state index contributed by atoms with van der Waals surface area (Å²) in [6.45, 7) is 0. The zero-order valence-electron chi connectivity index (χ0n) is 10.7. The quantitative estimate of drug-likeness (QED) is 0.821. The van der Waals surface area contributed by atoms with Gasteiger partial charge in [-0.05, 0) is 37.7 Å². The Morgan fingerprint density at radius 1 is 1.37 bits per heavy atom. The number of esters is 1. The second kappa shape index (κ2) is 4.31. The zero-order valence-corrected chi connectivity index (χ0v) is 11.6. The van der Waals surface area contributed by atoms with Gasteiger partial charge in [0, 0.05) is 4.88 Å². The number of fused-ring (bicyclic) bond motifs is 1. The van der Waals surface area contributed by atoms with E-state index in [4.69, 9.17) is 10.5 Å². The highest BCUT2D eigenvalue weighted by molar-refractivity contribution is 7.17. The van der Waals surface area contributed by atoms with Gasteiger partial charge in [0.15, 0.2) is 0 Å². The molecule has 0 atom stereocenters. The summed E-state index contributed by atoms with van der Waals surface area (Å²) in [6.07, 6.45) is 4.31. The lowest BCUT2D eigenvalue weighted by molar-refractivity contribution is -0.118. The number of carbonyl (C=O) groups is 2. The molecule has 0 saturated heterocycles. The van der Waals surface area contributed by atoms with Crippen LogP contribution < -0.4 is 11.1 Å². The largest absolute Gasteiger partial charge is 0.465 e. The smallest absolute Gasteiger partial charge is 0.341 e. The third-order valence-electron chi connectivity index (χ3n) is 3.78. The average Bonchev–Trinajstić information content (AvgIpc) is 2.84. The van der Waals surface area contributed by atoms with Gasteiger partial charge in [-0.1, -0.05) is 0 Å². The number of nitrogens with one attached hydrogen (secondary N) is 1. The third-order valence-corrected chi connectivity index (χ3v) is 4.99. The maximum atomic E-state index is 12.0. The summed E-state index contributed by atoms with van der Waals surface area (Å²) < 4.78 is 4.83. The molecule has 1 amide bonds. The first kappa shape index (κ1) is 12.6. The van der Waals surface area contributed by atoms with Gasteiger partial charge in [-0.2, -0.15) is 0 Å². The van der Waals surface area contributed by atoms with Crippen LogP contribution in [0.25, 0.3) is 0 Å². The summed E-state index contributed by atoms with van der Waals surface area (Å²) in [5.74, 6) is -0.575. The van der Waals surface area contributed by atoms with Crippen LogP contribution in [0.5, 0.6) is 0 Å². The van der Waals surface area contributed by atoms with Crippen LogP contribution in [0.1, 0.15) is 40.1 Å². The SMILES string of the molecule is COC(=O)c1c(NC(=O)C2(N)CC2)sc2c1CCC2. The molecular weight excluding hydrogens is 264 g/mol. The molecule has 2 aliphatic rings. The molecule has 5 nitrogen and oxygen atoms in total. The van der Waals surface area contributed by atoms with Crippen LogP contribution in [-0.4, -0.2) is 24.5 Å². The number of rotatable bonds is 3. The summed E-state index contributed by atoms with van der Waals surface area (Å²) in [5, 5.41) is 3.41. The Kier molecular flexibility index (Phi) is 2.87. The molecule has 1 fully saturated rings. The highest BCUT2D eigenvalue weighted by Gasteiger charge is 2.46. The minimum atomic E-state index is -0.734. The van der Waals surface area contributed by atoms with E-state index in [0.717, 1.165) is 24.8 Å². The van der Waals surface area contributed by atoms with Crippen LogP contribution in [-0.2, 0) is 22.4 Å². The summed E-state index contributed by atoms with van der Waals surface area (Å²) in [4.78, 5) is 25.1. The molecule has 0 aliphatic heterocycles. The Bertz CT molecular complexity index is 560. The zero-order chi connectivity index (χ0) is 13.6. The monoisotopic (exact) mass is 280 g/mol. The van der Waals surface area contributed by atoms with Crippen LogP contribution >= 0.6 is 11.3 Å². The van der Waals surface area contributed by atoms with Crippen molar-refractivity contribution in [2.45, 2.75) is 37.6 Å². The number of hydrogen-bond donors (Lipinski definition) is 2. The van der Waals surface area contributed by atoms with E-state index in [9.17, 15) is 9.59 Å². The van der Waals surface area contributed by atoms with Crippen LogP contribution in [0, 0.1) is 0 Å². The topological polar surface area (TPSA) is 81.4 Å². The molecule has 3 N–H and O–H groups in total. The Hall–Kier alpha value is -1.40. The lowest BCUT2D eigenvalue weighted by Gasteiger charge is -2.10. The first-order valence-corrected chi connectivity index (χ1v) is 7.20. The number of hydrogen-bond acceptors (Lipinski definition) is 5. The fraction of sp³-hybridized carbons (Fsp3) is 0.538. The molecule has 0 aromatic carbocycles. The van der Waals surface area contributed by atoms with Gasteiger partial charge >= 0.3 is 5.97 Å². The molecule has 19 heavy (non-hydrogen) atoms. The highest BCUT2D eigenvalue weighted by atomic mass is 32.1. The molecule has 6 heteroatoms. The van der Waals surface area contributed by atoms with E-state index in [-0.39, 0.29) is 11.9 Å². The number of methoxy groups -OCH3 is 1. The number of amides is 1. The van der Waals surface area contributed by atoms with Crippen molar-refractivity contribution in [2.24, 2.45) is 5.73 Å². The molecule has 1 heterocycles. The van der Waals surface area contributed by atoms with Crippen LogP contribution in [0.4, 0.5) is 5.00 Å². The van der Waals surface area contributed by atoms with Crippen molar-refractivity contribution in [3.63, 3.8) is 0 Å². The first-order chi connectivity index (χ1) is 9.05. The maximum Gasteiger partial charge on any atom is 0.341 e. The van der Waals surface area contributed by atoms with Gasteiger partial charge < -0.3 is 15.8 Å². The van der Waals surface area contributed by atoms with E-state index in [2.05, 4.69) is 5.32 Å². The second-order valence-electron chi connectivity index (χ2n) is 5.16. The van der Waals surface area contributed by atoms with Gasteiger partial charge in [0.25, 0.3) is 0 Å². The minimum Gasteiger partial charge on any atom is -0.465 e. The summed E-state index contributed by atoms with van der Waals surface area (Å²) in [6, 6.07) is 0. The number of anilines is 1. The normalized spacial score (nSPS) is 18.8. The van der Waals surface area contributed by atoms with E-state index in [1.807, 2.05) is 0 Å². The number of aryl methyl sites for hydroxylation is 1. The second-order valence-corrected chi connectivity index (χ2v) is 6.27.